The monoisotopic (exact) mass is 296 g/mol. The van der Waals surface area contributed by atoms with E-state index in [9.17, 15) is 13.2 Å². The molecular weight excluding hydrogens is 276 g/mol. The van der Waals surface area contributed by atoms with Crippen LogP contribution >= 0.6 is 0 Å². The Bertz CT molecular complexity index is 646. The van der Waals surface area contributed by atoms with Crippen LogP contribution in [0.2, 0.25) is 0 Å². The van der Waals surface area contributed by atoms with Crippen LogP contribution in [0, 0.1) is 12.8 Å². The van der Waals surface area contributed by atoms with Gasteiger partial charge in [-0.2, -0.15) is 0 Å². The molecular formula is C15H20O4S. The summed E-state index contributed by atoms with van der Waals surface area (Å²) in [5, 5.41) is 9.17. The van der Waals surface area contributed by atoms with E-state index in [1.54, 1.807) is 13.0 Å². The fourth-order valence-electron chi connectivity index (χ4n) is 3.34. The molecule has 20 heavy (non-hydrogen) atoms. The van der Waals surface area contributed by atoms with E-state index < -0.39 is 15.8 Å². The van der Waals surface area contributed by atoms with Crippen LogP contribution in [0.3, 0.4) is 0 Å². The van der Waals surface area contributed by atoms with Crippen molar-refractivity contribution in [3.63, 3.8) is 0 Å². The van der Waals surface area contributed by atoms with E-state index in [-0.39, 0.29) is 16.4 Å². The third kappa shape index (κ3) is 2.59. The summed E-state index contributed by atoms with van der Waals surface area (Å²) in [4.78, 5) is 11.4. The van der Waals surface area contributed by atoms with Crippen molar-refractivity contribution in [2.75, 3.05) is 6.26 Å². The Balaban J connectivity index is 2.70. The van der Waals surface area contributed by atoms with Crippen LogP contribution < -0.4 is 0 Å². The van der Waals surface area contributed by atoms with Gasteiger partial charge in [0, 0.05) is 6.26 Å². The molecule has 1 aromatic carbocycles. The van der Waals surface area contributed by atoms with Gasteiger partial charge in [0.15, 0.2) is 9.84 Å². The summed E-state index contributed by atoms with van der Waals surface area (Å²) in [5.41, 5.74) is 1.22. The quantitative estimate of drug-likeness (QED) is 0.930. The smallest absolute Gasteiger partial charge is 0.335 e. The molecule has 0 spiro atoms. The van der Waals surface area contributed by atoms with Crippen LogP contribution in [-0.2, 0) is 9.84 Å². The number of benzene rings is 1. The van der Waals surface area contributed by atoms with Crippen molar-refractivity contribution in [2.24, 2.45) is 5.92 Å². The Morgan fingerprint density at radius 3 is 2.40 bits per heavy atom. The van der Waals surface area contributed by atoms with Crippen molar-refractivity contribution in [3.8, 4) is 0 Å². The Kier molecular flexibility index (Phi) is 3.91. The van der Waals surface area contributed by atoms with E-state index in [1.807, 2.05) is 0 Å². The lowest BCUT2D eigenvalue weighted by Gasteiger charge is -2.21. The second-order valence-corrected chi connectivity index (χ2v) is 7.70. The lowest BCUT2D eigenvalue weighted by molar-refractivity contribution is 0.0695. The van der Waals surface area contributed by atoms with Gasteiger partial charge in [0.05, 0.1) is 10.5 Å². The minimum absolute atomic E-state index is 0.0693. The van der Waals surface area contributed by atoms with Crippen molar-refractivity contribution < 1.29 is 18.3 Å². The van der Waals surface area contributed by atoms with Gasteiger partial charge in [-0.25, -0.2) is 13.2 Å². The molecule has 5 heteroatoms. The first kappa shape index (κ1) is 15.0. The Morgan fingerprint density at radius 2 is 1.95 bits per heavy atom. The van der Waals surface area contributed by atoms with E-state index in [1.165, 1.54) is 6.07 Å². The lowest BCUT2D eigenvalue weighted by atomic mass is 9.88. The highest BCUT2D eigenvalue weighted by molar-refractivity contribution is 7.90. The molecule has 110 valence electrons. The molecule has 0 bridgehead atoms. The fraction of sp³-hybridized carbons (Fsp3) is 0.533. The van der Waals surface area contributed by atoms with Gasteiger partial charge >= 0.3 is 5.97 Å². The molecule has 0 amide bonds. The summed E-state index contributed by atoms with van der Waals surface area (Å²) < 4.78 is 24.2. The molecule has 0 radical (unpaired) electrons. The average molecular weight is 296 g/mol. The van der Waals surface area contributed by atoms with Crippen LogP contribution in [0.1, 0.15) is 53.6 Å². The van der Waals surface area contributed by atoms with Gasteiger partial charge in [-0.1, -0.05) is 25.8 Å². The summed E-state index contributed by atoms with van der Waals surface area (Å²) in [6.07, 6.45) is 4.31. The highest BCUT2D eigenvalue weighted by Crippen LogP contribution is 2.42. The topological polar surface area (TPSA) is 71.4 Å². The molecule has 1 N–H and O–H groups in total. The zero-order chi connectivity index (χ0) is 15.1. The van der Waals surface area contributed by atoms with Gasteiger partial charge in [0.1, 0.15) is 0 Å². The average Bonchev–Trinajstić information content (AvgIpc) is 2.72. The lowest BCUT2D eigenvalue weighted by Crippen LogP contribution is -2.14. The standard InChI is InChI=1S/C15H20O4S/c1-9-5-4-6-11(9)13-8-7-12(15(16)17)10(2)14(13)20(3,18)19/h7-9,11H,4-6H2,1-3H3,(H,16,17). The summed E-state index contributed by atoms with van der Waals surface area (Å²) in [5.74, 6) is -0.440. The molecule has 4 nitrogen and oxygen atoms in total. The first-order valence-electron chi connectivity index (χ1n) is 6.80. The molecule has 0 aromatic heterocycles. The second-order valence-electron chi connectivity index (χ2n) is 5.75. The highest BCUT2D eigenvalue weighted by atomic mass is 32.2. The maximum absolute atomic E-state index is 12.1. The Labute approximate surface area is 119 Å². The molecule has 1 fully saturated rings. The van der Waals surface area contributed by atoms with Crippen molar-refractivity contribution in [2.45, 2.75) is 43.9 Å². The van der Waals surface area contributed by atoms with Crippen molar-refractivity contribution in [3.05, 3.63) is 28.8 Å². The van der Waals surface area contributed by atoms with E-state index in [0.717, 1.165) is 31.1 Å². The number of hydrogen-bond acceptors (Lipinski definition) is 3. The Hall–Kier alpha value is -1.36. The minimum Gasteiger partial charge on any atom is -0.478 e. The van der Waals surface area contributed by atoms with Crippen LogP contribution in [0.5, 0.6) is 0 Å². The van der Waals surface area contributed by atoms with Gasteiger partial charge in [-0.3, -0.25) is 0 Å². The number of sulfone groups is 1. The predicted octanol–water partition coefficient (Wildman–Crippen LogP) is 3.00. The number of carbonyl (C=O) groups is 1. The molecule has 2 atom stereocenters. The number of hydrogen-bond donors (Lipinski definition) is 1. The van der Waals surface area contributed by atoms with Crippen molar-refractivity contribution in [1.29, 1.82) is 0 Å². The van der Waals surface area contributed by atoms with E-state index in [2.05, 4.69) is 6.92 Å². The zero-order valence-electron chi connectivity index (χ0n) is 12.0. The zero-order valence-corrected chi connectivity index (χ0v) is 12.8. The summed E-state index contributed by atoms with van der Waals surface area (Å²) in [7, 11) is -3.44. The highest BCUT2D eigenvalue weighted by Gasteiger charge is 2.31. The Morgan fingerprint density at radius 1 is 1.30 bits per heavy atom. The van der Waals surface area contributed by atoms with Crippen molar-refractivity contribution in [1.82, 2.24) is 0 Å². The van der Waals surface area contributed by atoms with Gasteiger partial charge < -0.3 is 5.11 Å². The largest absolute Gasteiger partial charge is 0.478 e. The molecule has 1 aliphatic rings. The van der Waals surface area contributed by atoms with Crippen molar-refractivity contribution >= 4 is 15.8 Å². The van der Waals surface area contributed by atoms with Crippen LogP contribution in [0.15, 0.2) is 17.0 Å². The summed E-state index contributed by atoms with van der Waals surface area (Å²) in [6, 6.07) is 3.23. The minimum atomic E-state index is -3.44. The SMILES string of the molecule is Cc1c(C(=O)O)ccc(C2CCCC2C)c1S(C)(=O)=O. The van der Waals surface area contributed by atoms with Gasteiger partial charge in [0.25, 0.3) is 0 Å². The van der Waals surface area contributed by atoms with Gasteiger partial charge in [-0.15, -0.1) is 0 Å². The number of rotatable bonds is 3. The van der Waals surface area contributed by atoms with Crippen LogP contribution in [0.4, 0.5) is 0 Å². The predicted molar refractivity (Wildman–Crippen MR) is 77.0 cm³/mol. The van der Waals surface area contributed by atoms with Gasteiger partial charge in [-0.05, 0) is 42.4 Å². The van der Waals surface area contributed by atoms with Gasteiger partial charge in [0.2, 0.25) is 0 Å². The molecule has 1 saturated carbocycles. The van der Waals surface area contributed by atoms with Crippen LogP contribution in [-0.4, -0.2) is 25.7 Å². The molecule has 0 saturated heterocycles. The first-order valence-corrected chi connectivity index (χ1v) is 8.69. The van der Waals surface area contributed by atoms with E-state index in [4.69, 9.17) is 5.11 Å². The molecule has 0 aliphatic heterocycles. The van der Waals surface area contributed by atoms with E-state index >= 15 is 0 Å². The maximum Gasteiger partial charge on any atom is 0.335 e. The molecule has 1 aromatic rings. The maximum atomic E-state index is 12.1. The third-order valence-electron chi connectivity index (χ3n) is 4.30. The third-order valence-corrected chi connectivity index (χ3v) is 5.58. The molecule has 2 unspecified atom stereocenters. The second kappa shape index (κ2) is 5.20. The number of aromatic carboxylic acids is 1. The number of carboxylic acids is 1. The molecule has 2 rings (SSSR count). The molecule has 1 aliphatic carbocycles. The normalized spacial score (nSPS) is 22.9. The molecule has 0 heterocycles. The number of carboxylic acid groups (broad SMARTS) is 1. The fourth-order valence-corrected chi connectivity index (χ4v) is 4.65. The van der Waals surface area contributed by atoms with E-state index in [0.29, 0.717) is 11.5 Å². The van der Waals surface area contributed by atoms with Crippen LogP contribution in [0.25, 0.3) is 0 Å². The summed E-state index contributed by atoms with van der Waals surface area (Å²) >= 11 is 0. The first-order chi connectivity index (χ1) is 9.23. The summed E-state index contributed by atoms with van der Waals surface area (Å²) in [6.45, 7) is 3.72.